The minimum atomic E-state index is -0.198. The van der Waals surface area contributed by atoms with Crippen LogP contribution in [0.4, 0.5) is 5.69 Å². The number of nitrogens with one attached hydrogen (secondary N) is 2. The molecular weight excluding hydrogens is 312 g/mol. The standard InChI is InChI=1S/C20H20N4O/c1-15-4-2-3-5-17(15)14-23-18-8-11-22-19(12-18)20(25)24-13-16-6-9-21-10-7-16/h2-12H,13-14H2,1H3,(H,22,23)(H,24,25). The molecule has 0 bridgehead atoms. The van der Waals surface area contributed by atoms with E-state index in [4.69, 9.17) is 0 Å². The van der Waals surface area contributed by atoms with Gasteiger partial charge in [-0.05, 0) is 47.9 Å². The molecule has 0 aliphatic carbocycles. The number of hydrogen-bond acceptors (Lipinski definition) is 4. The molecule has 0 spiro atoms. The molecule has 126 valence electrons. The van der Waals surface area contributed by atoms with E-state index in [0.717, 1.165) is 11.3 Å². The molecule has 0 radical (unpaired) electrons. The number of benzene rings is 1. The Morgan fingerprint density at radius 2 is 1.80 bits per heavy atom. The summed E-state index contributed by atoms with van der Waals surface area (Å²) in [6.45, 7) is 3.24. The third kappa shape index (κ3) is 4.64. The molecule has 0 fully saturated rings. The second-order valence-corrected chi connectivity index (χ2v) is 5.75. The van der Waals surface area contributed by atoms with E-state index < -0.39 is 0 Å². The van der Waals surface area contributed by atoms with Gasteiger partial charge in [-0.3, -0.25) is 14.8 Å². The van der Waals surface area contributed by atoms with Gasteiger partial charge in [0.1, 0.15) is 5.69 Å². The predicted molar refractivity (Wildman–Crippen MR) is 98.1 cm³/mol. The molecule has 0 aliphatic heterocycles. The fourth-order valence-electron chi connectivity index (χ4n) is 2.44. The number of rotatable bonds is 6. The van der Waals surface area contributed by atoms with E-state index >= 15 is 0 Å². The van der Waals surface area contributed by atoms with Crippen molar-refractivity contribution >= 4 is 11.6 Å². The van der Waals surface area contributed by atoms with Gasteiger partial charge in [-0.1, -0.05) is 24.3 Å². The molecule has 2 aromatic heterocycles. The Bertz CT molecular complexity index is 849. The summed E-state index contributed by atoms with van der Waals surface area (Å²) < 4.78 is 0. The highest BCUT2D eigenvalue weighted by molar-refractivity contribution is 5.93. The normalized spacial score (nSPS) is 10.3. The van der Waals surface area contributed by atoms with Crippen molar-refractivity contribution in [1.29, 1.82) is 0 Å². The van der Waals surface area contributed by atoms with Crippen molar-refractivity contribution in [2.75, 3.05) is 5.32 Å². The molecule has 1 aromatic carbocycles. The van der Waals surface area contributed by atoms with E-state index in [1.165, 1.54) is 11.1 Å². The van der Waals surface area contributed by atoms with Crippen molar-refractivity contribution in [1.82, 2.24) is 15.3 Å². The lowest BCUT2D eigenvalue weighted by Crippen LogP contribution is -2.23. The average molecular weight is 332 g/mol. The van der Waals surface area contributed by atoms with E-state index in [9.17, 15) is 4.79 Å². The molecule has 0 aliphatic rings. The highest BCUT2D eigenvalue weighted by Crippen LogP contribution is 2.13. The Morgan fingerprint density at radius 1 is 1.00 bits per heavy atom. The predicted octanol–water partition coefficient (Wildman–Crippen LogP) is 3.33. The van der Waals surface area contributed by atoms with Gasteiger partial charge in [-0.15, -0.1) is 0 Å². The van der Waals surface area contributed by atoms with Crippen LogP contribution in [0.5, 0.6) is 0 Å². The summed E-state index contributed by atoms with van der Waals surface area (Å²) in [5.74, 6) is -0.198. The van der Waals surface area contributed by atoms with Crippen LogP contribution in [0.15, 0.2) is 67.1 Å². The number of aromatic nitrogens is 2. The highest BCUT2D eigenvalue weighted by Gasteiger charge is 2.08. The Morgan fingerprint density at radius 3 is 2.60 bits per heavy atom. The van der Waals surface area contributed by atoms with Crippen LogP contribution < -0.4 is 10.6 Å². The van der Waals surface area contributed by atoms with Crippen molar-refractivity contribution in [3.05, 3.63) is 89.5 Å². The number of aryl methyl sites for hydroxylation is 1. The van der Waals surface area contributed by atoms with Gasteiger partial charge in [0, 0.05) is 37.4 Å². The molecule has 3 aromatic rings. The maximum absolute atomic E-state index is 12.3. The van der Waals surface area contributed by atoms with Gasteiger partial charge in [-0.25, -0.2) is 0 Å². The molecule has 0 unspecified atom stereocenters. The lowest BCUT2D eigenvalue weighted by molar-refractivity contribution is 0.0946. The van der Waals surface area contributed by atoms with Gasteiger partial charge in [0.15, 0.2) is 0 Å². The van der Waals surface area contributed by atoms with Gasteiger partial charge in [0.05, 0.1) is 0 Å². The van der Waals surface area contributed by atoms with Crippen LogP contribution >= 0.6 is 0 Å². The quantitative estimate of drug-likeness (QED) is 0.726. The maximum atomic E-state index is 12.3. The first kappa shape index (κ1) is 16.6. The lowest BCUT2D eigenvalue weighted by atomic mass is 10.1. The van der Waals surface area contributed by atoms with Crippen LogP contribution in [-0.2, 0) is 13.1 Å². The summed E-state index contributed by atoms with van der Waals surface area (Å²) in [4.78, 5) is 20.4. The van der Waals surface area contributed by atoms with Crippen molar-refractivity contribution in [2.24, 2.45) is 0 Å². The topological polar surface area (TPSA) is 66.9 Å². The van der Waals surface area contributed by atoms with Gasteiger partial charge >= 0.3 is 0 Å². The number of anilines is 1. The third-order valence-electron chi connectivity index (χ3n) is 3.94. The summed E-state index contributed by atoms with van der Waals surface area (Å²) in [6.07, 6.45) is 5.05. The monoisotopic (exact) mass is 332 g/mol. The summed E-state index contributed by atoms with van der Waals surface area (Å²) in [6, 6.07) is 15.6. The van der Waals surface area contributed by atoms with E-state index in [2.05, 4.69) is 39.7 Å². The second-order valence-electron chi connectivity index (χ2n) is 5.75. The molecular formula is C20H20N4O. The largest absolute Gasteiger partial charge is 0.381 e. The molecule has 5 nitrogen and oxygen atoms in total. The van der Waals surface area contributed by atoms with Crippen LogP contribution in [-0.4, -0.2) is 15.9 Å². The van der Waals surface area contributed by atoms with E-state index in [-0.39, 0.29) is 5.91 Å². The number of nitrogens with zero attached hydrogens (tertiary/aromatic N) is 2. The molecule has 2 heterocycles. The van der Waals surface area contributed by atoms with Crippen molar-refractivity contribution < 1.29 is 4.79 Å². The zero-order valence-corrected chi connectivity index (χ0v) is 14.1. The minimum Gasteiger partial charge on any atom is -0.381 e. The molecule has 2 N–H and O–H groups in total. The van der Waals surface area contributed by atoms with Crippen LogP contribution in [0.25, 0.3) is 0 Å². The van der Waals surface area contributed by atoms with Gasteiger partial charge in [-0.2, -0.15) is 0 Å². The van der Waals surface area contributed by atoms with Crippen molar-refractivity contribution in [3.63, 3.8) is 0 Å². The number of pyridine rings is 2. The Balaban J connectivity index is 1.61. The van der Waals surface area contributed by atoms with Crippen LogP contribution in [0, 0.1) is 6.92 Å². The molecule has 3 rings (SSSR count). The molecule has 0 saturated carbocycles. The SMILES string of the molecule is Cc1ccccc1CNc1ccnc(C(=O)NCc2ccncc2)c1. The Hall–Kier alpha value is -3.21. The number of carbonyl (C=O) groups excluding carboxylic acids is 1. The van der Waals surface area contributed by atoms with Gasteiger partial charge < -0.3 is 10.6 Å². The van der Waals surface area contributed by atoms with Crippen molar-refractivity contribution in [2.45, 2.75) is 20.0 Å². The summed E-state index contributed by atoms with van der Waals surface area (Å²) in [5, 5.41) is 6.21. The summed E-state index contributed by atoms with van der Waals surface area (Å²) >= 11 is 0. The first-order chi connectivity index (χ1) is 12.2. The number of amides is 1. The number of carbonyl (C=O) groups is 1. The summed E-state index contributed by atoms with van der Waals surface area (Å²) in [7, 11) is 0. The maximum Gasteiger partial charge on any atom is 0.270 e. The van der Waals surface area contributed by atoms with Gasteiger partial charge in [0.25, 0.3) is 5.91 Å². The zero-order valence-electron chi connectivity index (χ0n) is 14.1. The molecule has 0 atom stereocenters. The smallest absolute Gasteiger partial charge is 0.270 e. The molecule has 25 heavy (non-hydrogen) atoms. The number of hydrogen-bond donors (Lipinski definition) is 2. The molecule has 0 saturated heterocycles. The van der Waals surface area contributed by atoms with Crippen molar-refractivity contribution in [3.8, 4) is 0 Å². The van der Waals surface area contributed by atoms with Crippen LogP contribution in [0.2, 0.25) is 0 Å². The van der Waals surface area contributed by atoms with E-state index in [0.29, 0.717) is 18.8 Å². The van der Waals surface area contributed by atoms with Gasteiger partial charge in [0.2, 0.25) is 0 Å². The minimum absolute atomic E-state index is 0.198. The zero-order chi connectivity index (χ0) is 17.5. The fourth-order valence-corrected chi connectivity index (χ4v) is 2.44. The van der Waals surface area contributed by atoms with Crippen LogP contribution in [0.3, 0.4) is 0 Å². The first-order valence-corrected chi connectivity index (χ1v) is 8.14. The van der Waals surface area contributed by atoms with E-state index in [1.807, 2.05) is 30.3 Å². The average Bonchev–Trinajstić information content (AvgIpc) is 2.66. The fraction of sp³-hybridized carbons (Fsp3) is 0.150. The summed E-state index contributed by atoms with van der Waals surface area (Å²) in [5.41, 5.74) is 4.72. The first-order valence-electron chi connectivity index (χ1n) is 8.14. The third-order valence-corrected chi connectivity index (χ3v) is 3.94. The highest BCUT2D eigenvalue weighted by atomic mass is 16.1. The Kier molecular flexibility index (Phi) is 5.36. The second kappa shape index (κ2) is 8.06. The Labute approximate surface area is 147 Å². The van der Waals surface area contributed by atoms with E-state index in [1.54, 1.807) is 24.7 Å². The van der Waals surface area contributed by atoms with Crippen LogP contribution in [0.1, 0.15) is 27.2 Å². The molecule has 5 heteroatoms. The lowest BCUT2D eigenvalue weighted by Gasteiger charge is -2.10. The molecule has 1 amide bonds.